The number of hydrogen-bond donors (Lipinski definition) is 1. The van der Waals surface area contributed by atoms with E-state index in [1.165, 1.54) is 12.1 Å². The highest BCUT2D eigenvalue weighted by molar-refractivity contribution is 5.89. The number of nitrogens with one attached hydrogen (secondary N) is 1. The SMILES string of the molecule is CC(C)c1ccc2c(c1)C(CCc1ccccc1)(C(F)(F)F)OC(=O)N2. The number of carbonyl (C=O) groups excluding carboxylic acids is 1. The van der Waals surface area contributed by atoms with Gasteiger partial charge in [-0.1, -0.05) is 50.2 Å². The molecule has 0 aliphatic carbocycles. The van der Waals surface area contributed by atoms with Crippen LogP contribution in [0.1, 0.15) is 42.9 Å². The lowest BCUT2D eigenvalue weighted by Crippen LogP contribution is -2.50. The molecule has 0 bridgehead atoms. The van der Waals surface area contributed by atoms with Crippen LogP contribution in [-0.2, 0) is 16.8 Å². The van der Waals surface area contributed by atoms with Crippen molar-refractivity contribution >= 4 is 11.8 Å². The number of halogens is 3. The number of cyclic esters (lactones) is 1. The van der Waals surface area contributed by atoms with E-state index in [-0.39, 0.29) is 30.0 Å². The van der Waals surface area contributed by atoms with Crippen LogP contribution in [0.15, 0.2) is 48.5 Å². The molecule has 0 radical (unpaired) electrons. The van der Waals surface area contributed by atoms with E-state index in [2.05, 4.69) is 5.32 Å². The Morgan fingerprint density at radius 3 is 2.42 bits per heavy atom. The normalized spacial score (nSPS) is 19.7. The van der Waals surface area contributed by atoms with E-state index in [0.717, 1.165) is 11.1 Å². The monoisotopic (exact) mass is 363 g/mol. The van der Waals surface area contributed by atoms with Gasteiger partial charge in [-0.05, 0) is 35.6 Å². The maximum absolute atomic E-state index is 14.2. The standard InChI is InChI=1S/C20H20F3NO2/c1-13(2)15-8-9-17-16(12-15)19(20(21,22)23,26-18(25)24-17)11-10-14-6-4-3-5-7-14/h3-9,12-13H,10-11H2,1-2H3,(H,24,25). The van der Waals surface area contributed by atoms with Crippen LogP contribution in [0, 0.1) is 0 Å². The predicted octanol–water partition coefficient (Wildman–Crippen LogP) is 5.76. The van der Waals surface area contributed by atoms with Crippen molar-refractivity contribution in [3.63, 3.8) is 0 Å². The van der Waals surface area contributed by atoms with E-state index in [4.69, 9.17) is 4.74 Å². The lowest BCUT2D eigenvalue weighted by molar-refractivity contribution is -0.267. The summed E-state index contributed by atoms with van der Waals surface area (Å²) in [7, 11) is 0. The summed E-state index contributed by atoms with van der Waals surface area (Å²) in [5.41, 5.74) is -1.03. The number of alkyl halides is 3. The number of amides is 1. The van der Waals surface area contributed by atoms with Crippen LogP contribution < -0.4 is 5.32 Å². The maximum Gasteiger partial charge on any atom is 0.432 e. The number of fused-ring (bicyclic) bond motifs is 1. The van der Waals surface area contributed by atoms with Crippen molar-refractivity contribution in [1.29, 1.82) is 0 Å². The lowest BCUT2D eigenvalue weighted by atomic mass is 9.83. The van der Waals surface area contributed by atoms with Gasteiger partial charge >= 0.3 is 12.3 Å². The molecule has 3 rings (SSSR count). The summed E-state index contributed by atoms with van der Waals surface area (Å²) in [6.45, 7) is 3.81. The van der Waals surface area contributed by atoms with Crippen LogP contribution >= 0.6 is 0 Å². The van der Waals surface area contributed by atoms with Crippen molar-refractivity contribution in [3.05, 3.63) is 65.2 Å². The molecule has 2 aromatic rings. The average Bonchev–Trinajstić information content (AvgIpc) is 2.59. The molecule has 1 unspecified atom stereocenters. The Balaban J connectivity index is 2.09. The highest BCUT2D eigenvalue weighted by atomic mass is 19.4. The fourth-order valence-corrected chi connectivity index (χ4v) is 3.22. The highest BCUT2D eigenvalue weighted by Crippen LogP contribution is 2.50. The Hall–Kier alpha value is -2.50. The van der Waals surface area contributed by atoms with Gasteiger partial charge in [-0.15, -0.1) is 0 Å². The number of ether oxygens (including phenoxy) is 1. The van der Waals surface area contributed by atoms with Crippen molar-refractivity contribution in [1.82, 2.24) is 0 Å². The molecule has 0 saturated heterocycles. The van der Waals surface area contributed by atoms with Crippen LogP contribution in [0.4, 0.5) is 23.7 Å². The Morgan fingerprint density at radius 1 is 1.12 bits per heavy atom. The molecule has 1 N–H and O–H groups in total. The third-order valence-corrected chi connectivity index (χ3v) is 4.72. The van der Waals surface area contributed by atoms with E-state index >= 15 is 0 Å². The van der Waals surface area contributed by atoms with Gasteiger partial charge in [0.15, 0.2) is 0 Å². The molecule has 1 aliphatic heterocycles. The Morgan fingerprint density at radius 2 is 1.81 bits per heavy atom. The van der Waals surface area contributed by atoms with Gasteiger partial charge in [-0.2, -0.15) is 13.2 Å². The molecule has 1 amide bonds. The Kier molecular flexibility index (Phi) is 4.69. The highest BCUT2D eigenvalue weighted by Gasteiger charge is 2.61. The third-order valence-electron chi connectivity index (χ3n) is 4.72. The minimum absolute atomic E-state index is 0.0354. The summed E-state index contributed by atoms with van der Waals surface area (Å²) in [4.78, 5) is 11.9. The molecule has 26 heavy (non-hydrogen) atoms. The summed E-state index contributed by atoms with van der Waals surface area (Å²) in [6.07, 6.45) is -6.05. The molecule has 0 fully saturated rings. The maximum atomic E-state index is 14.2. The Bertz CT molecular complexity index is 802. The minimum atomic E-state index is -4.73. The van der Waals surface area contributed by atoms with Gasteiger partial charge in [0, 0.05) is 12.0 Å². The molecule has 1 aliphatic rings. The topological polar surface area (TPSA) is 38.3 Å². The summed E-state index contributed by atoms with van der Waals surface area (Å²) in [6, 6.07) is 13.6. The van der Waals surface area contributed by atoms with Crippen molar-refractivity contribution in [3.8, 4) is 0 Å². The molecule has 2 aromatic carbocycles. The van der Waals surface area contributed by atoms with E-state index < -0.39 is 17.9 Å². The van der Waals surface area contributed by atoms with Crippen LogP contribution in [0.25, 0.3) is 0 Å². The van der Waals surface area contributed by atoms with Crippen molar-refractivity contribution in [2.75, 3.05) is 5.32 Å². The second kappa shape index (κ2) is 6.67. The number of benzene rings is 2. The number of carbonyl (C=O) groups is 1. The molecule has 1 heterocycles. The summed E-state index contributed by atoms with van der Waals surface area (Å²) in [5.74, 6) is 0.0537. The smallest absolute Gasteiger partial charge is 0.428 e. The first-order valence-corrected chi connectivity index (χ1v) is 8.48. The molecule has 1 atom stereocenters. The molecule has 0 saturated carbocycles. The lowest BCUT2D eigenvalue weighted by Gasteiger charge is -2.40. The zero-order valence-electron chi connectivity index (χ0n) is 14.6. The van der Waals surface area contributed by atoms with E-state index in [0.29, 0.717) is 0 Å². The predicted molar refractivity (Wildman–Crippen MR) is 93.1 cm³/mol. The average molecular weight is 363 g/mol. The summed E-state index contributed by atoms with van der Waals surface area (Å²) in [5, 5.41) is 2.39. The number of anilines is 1. The summed E-state index contributed by atoms with van der Waals surface area (Å²) < 4.78 is 47.5. The first-order chi connectivity index (χ1) is 12.2. The second-order valence-corrected chi connectivity index (χ2v) is 6.78. The molecular formula is C20H20F3NO2. The third kappa shape index (κ3) is 3.28. The van der Waals surface area contributed by atoms with Crippen molar-refractivity contribution in [2.45, 2.75) is 44.4 Å². The van der Waals surface area contributed by atoms with Crippen LogP contribution in [0.5, 0.6) is 0 Å². The first-order valence-electron chi connectivity index (χ1n) is 8.48. The second-order valence-electron chi connectivity index (χ2n) is 6.78. The molecule has 0 spiro atoms. The van der Waals surface area contributed by atoms with Crippen molar-refractivity contribution in [2.24, 2.45) is 0 Å². The molecule has 6 heteroatoms. The molecule has 0 aromatic heterocycles. The fourth-order valence-electron chi connectivity index (χ4n) is 3.22. The van der Waals surface area contributed by atoms with E-state index in [1.807, 2.05) is 13.8 Å². The zero-order chi connectivity index (χ0) is 18.9. The zero-order valence-corrected chi connectivity index (χ0v) is 14.6. The van der Waals surface area contributed by atoms with Gasteiger partial charge in [0.25, 0.3) is 0 Å². The van der Waals surface area contributed by atoms with Gasteiger partial charge in [0.05, 0.1) is 5.69 Å². The molecule has 3 nitrogen and oxygen atoms in total. The van der Waals surface area contributed by atoms with Crippen LogP contribution in [0.3, 0.4) is 0 Å². The first kappa shape index (κ1) is 18.3. The Labute approximate surface area is 150 Å². The van der Waals surface area contributed by atoms with E-state index in [9.17, 15) is 18.0 Å². The molecule has 138 valence electrons. The van der Waals surface area contributed by atoms with Gasteiger partial charge in [0.2, 0.25) is 5.60 Å². The van der Waals surface area contributed by atoms with Crippen LogP contribution in [0.2, 0.25) is 0 Å². The fraction of sp³-hybridized carbons (Fsp3) is 0.350. The quantitative estimate of drug-likeness (QED) is 0.750. The van der Waals surface area contributed by atoms with Gasteiger partial charge in [-0.3, -0.25) is 5.32 Å². The summed E-state index contributed by atoms with van der Waals surface area (Å²) >= 11 is 0. The number of rotatable bonds is 4. The molecular weight excluding hydrogens is 343 g/mol. The minimum Gasteiger partial charge on any atom is -0.428 e. The van der Waals surface area contributed by atoms with Crippen molar-refractivity contribution < 1.29 is 22.7 Å². The number of hydrogen-bond acceptors (Lipinski definition) is 2. The van der Waals surface area contributed by atoms with Gasteiger partial charge < -0.3 is 4.74 Å². The number of aryl methyl sites for hydroxylation is 1. The van der Waals surface area contributed by atoms with Crippen LogP contribution in [-0.4, -0.2) is 12.3 Å². The van der Waals surface area contributed by atoms with Gasteiger partial charge in [-0.25, -0.2) is 4.79 Å². The van der Waals surface area contributed by atoms with Gasteiger partial charge in [0.1, 0.15) is 0 Å². The van der Waals surface area contributed by atoms with E-state index in [1.54, 1.807) is 36.4 Å². The largest absolute Gasteiger partial charge is 0.432 e.